The molecule has 0 aromatic rings. The van der Waals surface area contributed by atoms with Crippen LogP contribution in [0.4, 0.5) is 8.78 Å². The minimum absolute atomic E-state index is 0.156. The summed E-state index contributed by atoms with van der Waals surface area (Å²) in [5.41, 5.74) is 0.847. The van der Waals surface area contributed by atoms with E-state index in [-0.39, 0.29) is 6.54 Å². The number of nitrogens with one attached hydrogen (secondary N) is 1. The van der Waals surface area contributed by atoms with Gasteiger partial charge in [-0.15, -0.1) is 0 Å². The fourth-order valence-electron chi connectivity index (χ4n) is 1.01. The van der Waals surface area contributed by atoms with E-state index >= 15 is 0 Å². The Bertz CT molecular complexity index is 216. The van der Waals surface area contributed by atoms with Crippen molar-refractivity contribution in [3.8, 4) is 0 Å². The van der Waals surface area contributed by atoms with Gasteiger partial charge in [0.05, 0.1) is 13.2 Å². The molecule has 0 saturated carbocycles. The summed E-state index contributed by atoms with van der Waals surface area (Å²) in [4.78, 5) is 10.5. The molecule has 0 aromatic carbocycles. The molecule has 0 saturated heterocycles. The van der Waals surface area contributed by atoms with Gasteiger partial charge in [0.1, 0.15) is 0 Å². The van der Waals surface area contributed by atoms with Crippen LogP contribution in [0.25, 0.3) is 0 Å². The molecule has 1 aliphatic rings. The molecule has 1 aliphatic heterocycles. The zero-order valence-corrected chi connectivity index (χ0v) is 7.06. The summed E-state index contributed by atoms with van der Waals surface area (Å²) in [6.45, 7) is 1.24. The van der Waals surface area contributed by atoms with E-state index in [2.05, 4.69) is 5.32 Å². The molecule has 13 heavy (non-hydrogen) atoms. The summed E-state index contributed by atoms with van der Waals surface area (Å²) in [6, 6.07) is 0. The van der Waals surface area contributed by atoms with Crippen molar-refractivity contribution in [2.75, 3.05) is 19.8 Å². The Kier molecular flexibility index (Phi) is 3.82. The first-order valence-corrected chi connectivity index (χ1v) is 4.01. The van der Waals surface area contributed by atoms with E-state index in [4.69, 9.17) is 4.74 Å². The number of rotatable bonds is 3. The first-order chi connectivity index (χ1) is 6.20. The van der Waals surface area contributed by atoms with E-state index < -0.39 is 12.3 Å². The number of hydrogen-bond donors (Lipinski definition) is 1. The Morgan fingerprint density at radius 2 is 2.46 bits per heavy atom. The molecule has 0 atom stereocenters. The van der Waals surface area contributed by atoms with E-state index in [1.54, 1.807) is 0 Å². The summed E-state index contributed by atoms with van der Waals surface area (Å²) in [7, 11) is 0. The third-order valence-electron chi connectivity index (χ3n) is 1.67. The number of carbonyl (C=O) groups excluding carboxylic acids is 1. The van der Waals surface area contributed by atoms with Crippen molar-refractivity contribution in [3.63, 3.8) is 0 Å². The van der Waals surface area contributed by atoms with Gasteiger partial charge in [-0.25, -0.2) is 0 Å². The third-order valence-corrected chi connectivity index (χ3v) is 1.67. The van der Waals surface area contributed by atoms with Crippen molar-refractivity contribution >= 4 is 5.91 Å². The van der Waals surface area contributed by atoms with Crippen LogP contribution in [0.5, 0.6) is 0 Å². The van der Waals surface area contributed by atoms with E-state index in [0.717, 1.165) is 12.0 Å². The molecule has 5 heteroatoms. The Morgan fingerprint density at radius 1 is 1.69 bits per heavy atom. The van der Waals surface area contributed by atoms with Crippen LogP contribution in [0.3, 0.4) is 0 Å². The van der Waals surface area contributed by atoms with Crippen molar-refractivity contribution < 1.29 is 18.3 Å². The van der Waals surface area contributed by atoms with E-state index in [1.165, 1.54) is 0 Å². The third kappa shape index (κ3) is 3.50. The SMILES string of the molecule is O=C(NCC1=CCCOC1)C(F)F. The smallest absolute Gasteiger partial charge is 0.315 e. The molecule has 0 aliphatic carbocycles. The maximum absolute atomic E-state index is 11.7. The monoisotopic (exact) mass is 191 g/mol. The highest BCUT2D eigenvalue weighted by molar-refractivity contribution is 5.79. The predicted octanol–water partition coefficient (Wildman–Crippen LogP) is 0.714. The van der Waals surface area contributed by atoms with Gasteiger partial charge in [-0.3, -0.25) is 4.79 Å². The number of alkyl halides is 2. The molecule has 0 unspecified atom stereocenters. The lowest BCUT2D eigenvalue weighted by Gasteiger charge is -2.13. The summed E-state index contributed by atoms with van der Waals surface area (Å²) >= 11 is 0. The maximum Gasteiger partial charge on any atom is 0.315 e. The summed E-state index contributed by atoms with van der Waals surface area (Å²) < 4.78 is 28.5. The lowest BCUT2D eigenvalue weighted by atomic mass is 10.2. The number of carbonyl (C=O) groups is 1. The Hall–Kier alpha value is -0.970. The van der Waals surface area contributed by atoms with Crippen LogP contribution in [0, 0.1) is 0 Å². The zero-order valence-electron chi connectivity index (χ0n) is 7.06. The van der Waals surface area contributed by atoms with Gasteiger partial charge >= 0.3 is 6.43 Å². The van der Waals surface area contributed by atoms with Crippen LogP contribution in [-0.2, 0) is 9.53 Å². The van der Waals surface area contributed by atoms with Crippen LogP contribution >= 0.6 is 0 Å². The number of amides is 1. The molecule has 1 rings (SSSR count). The normalized spacial score (nSPS) is 17.0. The second-order valence-corrected chi connectivity index (χ2v) is 2.72. The van der Waals surface area contributed by atoms with Crippen molar-refractivity contribution in [2.45, 2.75) is 12.8 Å². The fraction of sp³-hybridized carbons (Fsp3) is 0.625. The molecule has 3 nitrogen and oxygen atoms in total. The van der Waals surface area contributed by atoms with Crippen molar-refractivity contribution in [1.29, 1.82) is 0 Å². The van der Waals surface area contributed by atoms with Crippen molar-refractivity contribution in [3.05, 3.63) is 11.6 Å². The van der Waals surface area contributed by atoms with Gasteiger partial charge in [-0.05, 0) is 12.0 Å². The van der Waals surface area contributed by atoms with Gasteiger partial charge in [0.25, 0.3) is 5.91 Å². The molecule has 1 amide bonds. The van der Waals surface area contributed by atoms with Gasteiger partial charge < -0.3 is 10.1 Å². The van der Waals surface area contributed by atoms with Crippen LogP contribution < -0.4 is 5.32 Å². The number of hydrogen-bond acceptors (Lipinski definition) is 2. The number of halogens is 2. The second kappa shape index (κ2) is 4.91. The van der Waals surface area contributed by atoms with E-state index in [0.29, 0.717) is 13.2 Å². The highest BCUT2D eigenvalue weighted by Gasteiger charge is 2.14. The lowest BCUT2D eigenvalue weighted by molar-refractivity contribution is -0.131. The minimum atomic E-state index is -2.94. The van der Waals surface area contributed by atoms with Gasteiger partial charge in [-0.1, -0.05) is 6.08 Å². The summed E-state index contributed by atoms with van der Waals surface area (Å²) in [6.07, 6.45) is -0.264. The lowest BCUT2D eigenvalue weighted by Crippen LogP contribution is -2.32. The average molecular weight is 191 g/mol. The average Bonchev–Trinajstić information content (AvgIpc) is 2.15. The molecular formula is C8H11F2NO2. The standard InChI is InChI=1S/C8H11F2NO2/c9-7(10)8(12)11-4-6-2-1-3-13-5-6/h2,7H,1,3-5H2,(H,11,12). The quantitative estimate of drug-likeness (QED) is 0.667. The molecular weight excluding hydrogens is 180 g/mol. The largest absolute Gasteiger partial charge is 0.377 e. The fourth-order valence-corrected chi connectivity index (χ4v) is 1.01. The molecule has 0 aromatic heterocycles. The summed E-state index contributed by atoms with van der Waals surface area (Å²) in [5.74, 6) is -1.23. The molecule has 0 spiro atoms. The van der Waals surface area contributed by atoms with Gasteiger partial charge in [-0.2, -0.15) is 8.78 Å². The Morgan fingerprint density at radius 3 is 3.00 bits per heavy atom. The van der Waals surface area contributed by atoms with Gasteiger partial charge in [0.15, 0.2) is 0 Å². The van der Waals surface area contributed by atoms with E-state index in [9.17, 15) is 13.6 Å². The van der Waals surface area contributed by atoms with Crippen LogP contribution in [-0.4, -0.2) is 32.1 Å². The van der Waals surface area contributed by atoms with Crippen LogP contribution in [0.2, 0.25) is 0 Å². The molecule has 0 radical (unpaired) electrons. The Balaban J connectivity index is 2.25. The molecule has 1 N–H and O–H groups in total. The predicted molar refractivity (Wildman–Crippen MR) is 42.5 cm³/mol. The Labute approximate surface area is 74.8 Å². The molecule has 1 heterocycles. The minimum Gasteiger partial charge on any atom is -0.377 e. The molecule has 0 fully saturated rings. The zero-order chi connectivity index (χ0) is 9.68. The van der Waals surface area contributed by atoms with Crippen molar-refractivity contribution in [1.82, 2.24) is 5.32 Å². The van der Waals surface area contributed by atoms with Crippen molar-refractivity contribution in [2.24, 2.45) is 0 Å². The molecule has 0 bridgehead atoms. The highest BCUT2D eigenvalue weighted by atomic mass is 19.3. The van der Waals surface area contributed by atoms with Gasteiger partial charge in [0, 0.05) is 6.54 Å². The maximum atomic E-state index is 11.7. The topological polar surface area (TPSA) is 38.3 Å². The second-order valence-electron chi connectivity index (χ2n) is 2.72. The first-order valence-electron chi connectivity index (χ1n) is 4.01. The number of ether oxygens (including phenoxy) is 1. The first kappa shape index (κ1) is 10.1. The molecule has 74 valence electrons. The highest BCUT2D eigenvalue weighted by Crippen LogP contribution is 2.04. The summed E-state index contributed by atoms with van der Waals surface area (Å²) in [5, 5.41) is 2.11. The van der Waals surface area contributed by atoms with Crippen LogP contribution in [0.15, 0.2) is 11.6 Å². The van der Waals surface area contributed by atoms with Gasteiger partial charge in [0.2, 0.25) is 0 Å². The van der Waals surface area contributed by atoms with Crippen LogP contribution in [0.1, 0.15) is 6.42 Å². The van der Waals surface area contributed by atoms with E-state index in [1.807, 2.05) is 6.08 Å².